The van der Waals surface area contributed by atoms with E-state index >= 15 is 0 Å². The van der Waals surface area contributed by atoms with Gasteiger partial charge in [0.1, 0.15) is 24.7 Å². The number of fused-ring (bicyclic) bond motifs is 1. The van der Waals surface area contributed by atoms with E-state index in [1.165, 1.54) is 0 Å². The van der Waals surface area contributed by atoms with Crippen LogP contribution in [0.1, 0.15) is 18.9 Å². The van der Waals surface area contributed by atoms with Gasteiger partial charge in [0.15, 0.2) is 0 Å². The number of nitrogens with one attached hydrogen (secondary N) is 1. The predicted octanol–water partition coefficient (Wildman–Crippen LogP) is 3.00. The van der Waals surface area contributed by atoms with Crippen molar-refractivity contribution in [3.05, 3.63) is 35.9 Å². The van der Waals surface area contributed by atoms with E-state index in [4.69, 9.17) is 9.47 Å². The number of carbonyl (C=O) groups excluding carboxylic acids is 1. The Kier molecular flexibility index (Phi) is 6.86. The average Bonchev–Trinajstić information content (AvgIpc) is 2.61. The van der Waals surface area contributed by atoms with E-state index in [1.807, 2.05) is 25.1 Å². The van der Waals surface area contributed by atoms with Crippen LogP contribution in [0.25, 0.3) is 10.8 Å². The summed E-state index contributed by atoms with van der Waals surface area (Å²) in [5.74, 6) is 1.76. The number of hydrogen-bond donors (Lipinski definition) is 1. The minimum Gasteiger partial charge on any atom is -0.497 e. The predicted molar refractivity (Wildman–Crippen MR) is 106 cm³/mol. The Balaban J connectivity index is 2.29. The summed E-state index contributed by atoms with van der Waals surface area (Å²) < 4.78 is 12.4. The van der Waals surface area contributed by atoms with Crippen LogP contribution in [0.4, 0.5) is 0 Å². The van der Waals surface area contributed by atoms with Crippen molar-refractivity contribution in [2.24, 2.45) is 0 Å². The molecule has 0 saturated carbocycles. The van der Waals surface area contributed by atoms with Gasteiger partial charge in [-0.2, -0.15) is 0 Å². The number of amides is 1. The fraction of sp³-hybridized carbons (Fsp3) is 0.476. The number of hydrogen-bond acceptors (Lipinski definition) is 3. The SMILES string of the molecule is CCC(=O)NCCc1c(OCC[N+](C)(C)[14CH3])ccc2ccc(OC)cc12. The summed E-state index contributed by atoms with van der Waals surface area (Å²) in [6, 6.07) is 10.2. The van der Waals surface area contributed by atoms with Crippen LogP contribution in [-0.2, 0) is 11.2 Å². The van der Waals surface area contributed by atoms with Crippen LogP contribution in [0, 0.1) is 0 Å². The molecule has 142 valence electrons. The van der Waals surface area contributed by atoms with Crippen molar-refractivity contribution in [2.75, 3.05) is 47.9 Å². The first-order valence-corrected chi connectivity index (χ1v) is 9.13. The maximum absolute atomic E-state index is 11.6. The number of quaternary nitrogens is 1. The van der Waals surface area contributed by atoms with Crippen molar-refractivity contribution in [2.45, 2.75) is 19.8 Å². The molecule has 0 fully saturated rings. The number of nitrogens with zero attached hydrogens (tertiary/aromatic N) is 1. The van der Waals surface area contributed by atoms with Gasteiger partial charge in [-0.1, -0.05) is 19.1 Å². The van der Waals surface area contributed by atoms with Crippen LogP contribution >= 0.6 is 0 Å². The third-order valence-electron chi connectivity index (χ3n) is 4.34. The third kappa shape index (κ3) is 5.63. The molecule has 0 heterocycles. The smallest absolute Gasteiger partial charge is 0.219 e. The molecule has 5 heteroatoms. The van der Waals surface area contributed by atoms with Crippen LogP contribution in [-0.4, -0.2) is 58.3 Å². The Hall–Kier alpha value is -2.27. The van der Waals surface area contributed by atoms with Gasteiger partial charge in [-0.15, -0.1) is 0 Å². The van der Waals surface area contributed by atoms with Gasteiger partial charge in [-0.25, -0.2) is 0 Å². The number of carbonyl (C=O) groups is 1. The van der Waals surface area contributed by atoms with Crippen LogP contribution in [0.5, 0.6) is 11.5 Å². The lowest BCUT2D eigenvalue weighted by Crippen LogP contribution is -2.38. The molecule has 2 rings (SSSR count). The van der Waals surface area contributed by atoms with Gasteiger partial charge >= 0.3 is 0 Å². The second-order valence-electron chi connectivity index (χ2n) is 7.45. The van der Waals surface area contributed by atoms with Crippen molar-refractivity contribution < 1.29 is 18.8 Å². The average molecular weight is 361 g/mol. The number of rotatable bonds is 9. The highest BCUT2D eigenvalue weighted by atomic mass is 16.5. The van der Waals surface area contributed by atoms with Gasteiger partial charge in [-0.05, 0) is 35.4 Å². The molecule has 0 atom stereocenters. The summed E-state index contributed by atoms with van der Waals surface area (Å²) in [7, 11) is 8.12. The lowest BCUT2D eigenvalue weighted by atomic mass is 10.0. The van der Waals surface area contributed by atoms with Crippen molar-refractivity contribution in [3.8, 4) is 11.5 Å². The van der Waals surface area contributed by atoms with Crippen molar-refractivity contribution in [3.63, 3.8) is 0 Å². The molecule has 0 unspecified atom stereocenters. The molecule has 0 saturated heterocycles. The van der Waals surface area contributed by atoms with Gasteiger partial charge in [-0.3, -0.25) is 4.79 Å². The molecule has 5 nitrogen and oxygen atoms in total. The monoisotopic (exact) mass is 361 g/mol. The molecule has 1 amide bonds. The first-order valence-electron chi connectivity index (χ1n) is 9.13. The molecule has 26 heavy (non-hydrogen) atoms. The summed E-state index contributed by atoms with van der Waals surface area (Å²) in [5.41, 5.74) is 1.11. The number of likely N-dealkylation sites (N-methyl/N-ethyl adjacent to an activating group) is 1. The third-order valence-corrected chi connectivity index (χ3v) is 4.34. The zero-order valence-corrected chi connectivity index (χ0v) is 16.6. The van der Waals surface area contributed by atoms with Crippen molar-refractivity contribution in [1.82, 2.24) is 5.32 Å². The summed E-state index contributed by atoms with van der Waals surface area (Å²) >= 11 is 0. The van der Waals surface area contributed by atoms with E-state index in [2.05, 4.69) is 38.6 Å². The summed E-state index contributed by atoms with van der Waals surface area (Å²) in [5, 5.41) is 5.20. The first-order chi connectivity index (χ1) is 12.3. The zero-order chi connectivity index (χ0) is 19.2. The molecular formula is C21H31N2O3+. The zero-order valence-electron chi connectivity index (χ0n) is 16.6. The Morgan fingerprint density at radius 2 is 1.96 bits per heavy atom. The molecule has 0 radical (unpaired) electrons. The van der Waals surface area contributed by atoms with Crippen LogP contribution in [0.15, 0.2) is 30.3 Å². The second kappa shape index (κ2) is 8.90. The molecule has 0 aliphatic carbocycles. The maximum Gasteiger partial charge on any atom is 0.219 e. The first kappa shape index (κ1) is 20.0. The normalized spacial score (nSPS) is 11.4. The lowest BCUT2D eigenvalue weighted by molar-refractivity contribution is -0.870. The molecule has 0 aliphatic rings. The topological polar surface area (TPSA) is 47.6 Å². The van der Waals surface area contributed by atoms with Gasteiger partial charge in [0.05, 0.1) is 28.3 Å². The van der Waals surface area contributed by atoms with Crippen LogP contribution < -0.4 is 14.8 Å². The molecule has 1 N–H and O–H groups in total. The van der Waals surface area contributed by atoms with E-state index in [0.717, 1.165) is 45.3 Å². The fourth-order valence-corrected chi connectivity index (χ4v) is 2.74. The Morgan fingerprint density at radius 1 is 1.23 bits per heavy atom. The van der Waals surface area contributed by atoms with Gasteiger partial charge in [0, 0.05) is 18.5 Å². The Labute approximate surface area is 156 Å². The largest absolute Gasteiger partial charge is 0.497 e. The van der Waals surface area contributed by atoms with E-state index in [-0.39, 0.29) is 5.91 Å². The van der Waals surface area contributed by atoms with Gasteiger partial charge in [0.2, 0.25) is 5.91 Å². The molecule has 0 bridgehead atoms. The summed E-state index contributed by atoms with van der Waals surface area (Å²) in [6.07, 6.45) is 1.21. The molecule has 0 aromatic heterocycles. The Morgan fingerprint density at radius 3 is 2.62 bits per heavy atom. The lowest BCUT2D eigenvalue weighted by Gasteiger charge is -2.24. The van der Waals surface area contributed by atoms with Crippen LogP contribution in [0.2, 0.25) is 0 Å². The highest BCUT2D eigenvalue weighted by Crippen LogP contribution is 2.31. The standard InChI is InChI=1S/C21H30N2O3/c1-6-21(24)22-12-11-18-19-15-17(25-5)9-7-16(19)8-10-20(18)26-14-13-23(2,3)4/h7-10,15H,6,11-14H2,1-5H3/p+1/i2+2. The van der Waals surface area contributed by atoms with Gasteiger partial charge in [0.25, 0.3) is 0 Å². The van der Waals surface area contributed by atoms with Gasteiger partial charge < -0.3 is 19.3 Å². The van der Waals surface area contributed by atoms with E-state index in [1.54, 1.807) is 7.11 Å². The minimum atomic E-state index is 0.0651. The van der Waals surface area contributed by atoms with E-state index < -0.39 is 0 Å². The number of benzene rings is 2. The Bertz CT molecular complexity index is 751. The summed E-state index contributed by atoms with van der Waals surface area (Å²) in [6.45, 7) is 4.02. The fourth-order valence-electron chi connectivity index (χ4n) is 2.74. The maximum atomic E-state index is 11.6. The molecule has 0 spiro atoms. The van der Waals surface area contributed by atoms with E-state index in [9.17, 15) is 4.79 Å². The second-order valence-corrected chi connectivity index (χ2v) is 7.45. The van der Waals surface area contributed by atoms with Crippen LogP contribution in [0.3, 0.4) is 0 Å². The number of ether oxygens (including phenoxy) is 2. The highest BCUT2D eigenvalue weighted by molar-refractivity contribution is 5.89. The summed E-state index contributed by atoms with van der Waals surface area (Å²) in [4.78, 5) is 11.6. The van der Waals surface area contributed by atoms with Crippen molar-refractivity contribution in [1.29, 1.82) is 0 Å². The highest BCUT2D eigenvalue weighted by Gasteiger charge is 2.13. The molecule has 0 aliphatic heterocycles. The molecule has 2 aromatic rings. The van der Waals surface area contributed by atoms with E-state index in [0.29, 0.717) is 19.6 Å². The van der Waals surface area contributed by atoms with Crippen molar-refractivity contribution >= 4 is 16.7 Å². The molecule has 2 aromatic carbocycles. The molecular weight excluding hydrogens is 330 g/mol. The number of methoxy groups -OCH3 is 1. The quantitative estimate of drug-likeness (QED) is 0.699. The minimum absolute atomic E-state index is 0.0651.